The van der Waals surface area contributed by atoms with Crippen molar-refractivity contribution in [3.63, 3.8) is 0 Å². The number of carbonyl (C=O) groups is 1. The van der Waals surface area contributed by atoms with Crippen LogP contribution in [0.3, 0.4) is 0 Å². The van der Waals surface area contributed by atoms with Gasteiger partial charge in [0.15, 0.2) is 4.34 Å². The normalized spacial score (nSPS) is 10.8. The number of nitrogens with zero attached hydrogens (tertiary/aromatic N) is 3. The number of rotatable bonds is 5. The second-order valence-corrected chi connectivity index (χ2v) is 8.46. The molecule has 1 amide bonds. The molecule has 0 unspecified atom stereocenters. The maximum Gasteiger partial charge on any atom is 0.294 e. The van der Waals surface area contributed by atoms with Crippen molar-refractivity contribution < 1.29 is 9.32 Å². The van der Waals surface area contributed by atoms with Crippen molar-refractivity contribution in [3.8, 4) is 11.3 Å². The summed E-state index contributed by atoms with van der Waals surface area (Å²) in [5, 5.41) is 15.5. The van der Waals surface area contributed by atoms with Gasteiger partial charge in [-0.15, -0.1) is 10.2 Å². The molecule has 4 rings (SSSR count). The highest BCUT2D eigenvalue weighted by atomic mass is 35.5. The van der Waals surface area contributed by atoms with E-state index in [-0.39, 0.29) is 5.76 Å². The van der Waals surface area contributed by atoms with Crippen molar-refractivity contribution in [2.24, 2.45) is 0 Å². The molecule has 2 aromatic carbocycles. The summed E-state index contributed by atoms with van der Waals surface area (Å²) in [5.74, 6) is -0.347. The molecule has 4 aromatic rings. The smallest absolute Gasteiger partial charge is 0.294 e. The molecule has 0 spiro atoms. The maximum atomic E-state index is 12.4. The Morgan fingerprint density at radius 1 is 1.14 bits per heavy atom. The van der Waals surface area contributed by atoms with Crippen LogP contribution in [0.15, 0.2) is 67.8 Å². The third-order valence-electron chi connectivity index (χ3n) is 3.58. The minimum atomic E-state index is -0.429. The van der Waals surface area contributed by atoms with Gasteiger partial charge in [-0.05, 0) is 30.3 Å². The Kier molecular flexibility index (Phi) is 5.63. The lowest BCUT2D eigenvalue weighted by Crippen LogP contribution is -2.10. The number of hydrogen-bond acceptors (Lipinski definition) is 7. The van der Waals surface area contributed by atoms with Gasteiger partial charge in [0.2, 0.25) is 5.76 Å². The molecule has 0 atom stereocenters. The van der Waals surface area contributed by atoms with Crippen molar-refractivity contribution >= 4 is 57.9 Å². The zero-order valence-corrected chi connectivity index (χ0v) is 17.1. The summed E-state index contributed by atoms with van der Waals surface area (Å²) >= 11 is 15.1. The molecule has 0 radical (unpaired) electrons. The zero-order valence-electron chi connectivity index (χ0n) is 13.9. The number of halogens is 2. The molecule has 140 valence electrons. The van der Waals surface area contributed by atoms with Gasteiger partial charge < -0.3 is 9.84 Å². The molecule has 1 N–H and O–H groups in total. The summed E-state index contributed by atoms with van der Waals surface area (Å²) in [7, 11) is 0. The first-order chi connectivity index (χ1) is 13.6. The molecule has 2 aromatic heterocycles. The molecule has 0 bridgehead atoms. The van der Waals surface area contributed by atoms with Crippen molar-refractivity contribution in [1.82, 2.24) is 15.4 Å². The van der Waals surface area contributed by atoms with Crippen LogP contribution in [0.2, 0.25) is 10.0 Å². The van der Waals surface area contributed by atoms with Crippen LogP contribution in [-0.2, 0) is 0 Å². The highest BCUT2D eigenvalue weighted by Crippen LogP contribution is 2.35. The number of nitrogens with one attached hydrogen (secondary N) is 1. The Bertz CT molecular complexity index is 1130. The number of benzene rings is 2. The fourth-order valence-electron chi connectivity index (χ4n) is 2.32. The van der Waals surface area contributed by atoms with E-state index in [1.807, 2.05) is 12.1 Å². The molecular weight excluding hydrogens is 439 g/mol. The van der Waals surface area contributed by atoms with E-state index in [0.717, 1.165) is 14.8 Å². The second kappa shape index (κ2) is 8.32. The number of anilines is 1. The Labute approximate surface area is 177 Å². The first-order valence-electron chi connectivity index (χ1n) is 7.86. The van der Waals surface area contributed by atoms with Gasteiger partial charge in [-0.2, -0.15) is 0 Å². The van der Waals surface area contributed by atoms with Crippen molar-refractivity contribution in [3.05, 3.63) is 69.8 Å². The third-order valence-corrected chi connectivity index (χ3v) is 6.10. The van der Waals surface area contributed by atoms with Crippen LogP contribution in [0.25, 0.3) is 11.3 Å². The van der Waals surface area contributed by atoms with E-state index in [4.69, 9.17) is 27.7 Å². The van der Waals surface area contributed by atoms with Crippen LogP contribution in [0, 0.1) is 0 Å². The summed E-state index contributed by atoms with van der Waals surface area (Å²) in [6, 6.07) is 13.9. The average Bonchev–Trinajstić information content (AvgIpc) is 3.36. The lowest BCUT2D eigenvalue weighted by atomic mass is 10.1. The van der Waals surface area contributed by atoms with E-state index >= 15 is 0 Å². The third kappa shape index (κ3) is 4.36. The van der Waals surface area contributed by atoms with Crippen LogP contribution in [-0.4, -0.2) is 21.3 Å². The quantitative estimate of drug-likeness (QED) is 0.408. The standard InChI is InChI=1S/C18H10Cl2N4O2S2/c19-11-3-1-2-10(6-11)14-8-15(26-24-14)17(25)22-12-4-5-16(13(20)7-12)28-18-23-21-9-27-18/h1-9H,(H,22,25). The zero-order chi connectivity index (χ0) is 19.5. The molecule has 10 heteroatoms. The van der Waals surface area contributed by atoms with E-state index in [0.29, 0.717) is 21.4 Å². The van der Waals surface area contributed by atoms with Crippen LogP contribution in [0.5, 0.6) is 0 Å². The predicted molar refractivity (Wildman–Crippen MR) is 110 cm³/mol. The summed E-state index contributed by atoms with van der Waals surface area (Å²) in [4.78, 5) is 13.3. The second-order valence-electron chi connectivity index (χ2n) is 5.49. The molecule has 0 saturated carbocycles. The predicted octanol–water partition coefficient (Wildman–Crippen LogP) is 5.90. The lowest BCUT2D eigenvalue weighted by molar-refractivity contribution is 0.0988. The monoisotopic (exact) mass is 448 g/mol. The average molecular weight is 449 g/mol. The Morgan fingerprint density at radius 2 is 2.04 bits per heavy atom. The van der Waals surface area contributed by atoms with Crippen LogP contribution >= 0.6 is 46.3 Å². The fourth-order valence-corrected chi connectivity index (χ4v) is 4.25. The van der Waals surface area contributed by atoms with Gasteiger partial charge in [0.05, 0.1) is 5.02 Å². The van der Waals surface area contributed by atoms with Crippen LogP contribution < -0.4 is 5.32 Å². The van der Waals surface area contributed by atoms with Gasteiger partial charge in [0.25, 0.3) is 5.91 Å². The summed E-state index contributed by atoms with van der Waals surface area (Å²) in [6.45, 7) is 0. The molecule has 0 aliphatic rings. The number of hydrogen-bond donors (Lipinski definition) is 1. The largest absolute Gasteiger partial charge is 0.350 e. The summed E-state index contributed by atoms with van der Waals surface area (Å²) in [5.41, 5.74) is 3.48. The first-order valence-corrected chi connectivity index (χ1v) is 10.3. The van der Waals surface area contributed by atoms with Crippen molar-refractivity contribution in [2.75, 3.05) is 5.32 Å². The molecule has 0 aliphatic carbocycles. The van der Waals surface area contributed by atoms with Crippen molar-refractivity contribution in [1.29, 1.82) is 0 Å². The number of carbonyl (C=O) groups excluding carboxylic acids is 1. The molecule has 0 fully saturated rings. The maximum absolute atomic E-state index is 12.4. The van der Waals surface area contributed by atoms with Crippen LogP contribution in [0.4, 0.5) is 5.69 Å². The van der Waals surface area contributed by atoms with Gasteiger partial charge in [-0.25, -0.2) is 0 Å². The SMILES string of the molecule is O=C(Nc1ccc(Sc2nncs2)c(Cl)c1)c1cc(-c2cccc(Cl)c2)no1. The molecule has 0 saturated heterocycles. The minimum Gasteiger partial charge on any atom is -0.350 e. The molecule has 6 nitrogen and oxygen atoms in total. The topological polar surface area (TPSA) is 80.9 Å². The van der Waals surface area contributed by atoms with E-state index in [1.54, 1.807) is 41.9 Å². The van der Waals surface area contributed by atoms with Gasteiger partial charge in [-0.1, -0.05) is 63.6 Å². The van der Waals surface area contributed by atoms with E-state index in [1.165, 1.54) is 23.1 Å². The fraction of sp³-hybridized carbons (Fsp3) is 0. The van der Waals surface area contributed by atoms with E-state index in [9.17, 15) is 4.79 Å². The van der Waals surface area contributed by atoms with Gasteiger partial charge in [0.1, 0.15) is 11.2 Å². The Balaban J connectivity index is 1.47. The molecule has 0 aliphatic heterocycles. The molecule has 2 heterocycles. The van der Waals surface area contributed by atoms with E-state index < -0.39 is 5.91 Å². The van der Waals surface area contributed by atoms with Gasteiger partial charge >= 0.3 is 0 Å². The highest BCUT2D eigenvalue weighted by Gasteiger charge is 2.15. The summed E-state index contributed by atoms with van der Waals surface area (Å²) in [6.07, 6.45) is 0. The van der Waals surface area contributed by atoms with E-state index in [2.05, 4.69) is 20.7 Å². The van der Waals surface area contributed by atoms with Crippen LogP contribution in [0.1, 0.15) is 10.6 Å². The van der Waals surface area contributed by atoms with Crippen molar-refractivity contribution in [2.45, 2.75) is 9.24 Å². The van der Waals surface area contributed by atoms with Gasteiger partial charge in [-0.3, -0.25) is 4.79 Å². The minimum absolute atomic E-state index is 0.0819. The highest BCUT2D eigenvalue weighted by molar-refractivity contribution is 8.01. The molecule has 28 heavy (non-hydrogen) atoms. The Morgan fingerprint density at radius 3 is 2.79 bits per heavy atom. The first kappa shape index (κ1) is 18.9. The number of amides is 1. The van der Waals surface area contributed by atoms with Gasteiger partial charge in [0, 0.05) is 27.2 Å². The number of aromatic nitrogens is 3. The summed E-state index contributed by atoms with van der Waals surface area (Å²) < 4.78 is 5.95. The Hall–Kier alpha value is -2.39. The lowest BCUT2D eigenvalue weighted by Gasteiger charge is -2.06. The molecular formula is C18H10Cl2N4O2S2.